The fourth-order valence-electron chi connectivity index (χ4n) is 1.92. The fraction of sp³-hybridized carbons (Fsp3) is 0.267. The SMILES string of the molecule is O=C(CCc1cscn1)N[C@H](Cc1ccccc1)C(=O)O. The van der Waals surface area contributed by atoms with Gasteiger partial charge in [0.2, 0.25) is 5.91 Å². The number of carboxylic acids is 1. The first-order valence-corrected chi connectivity index (χ1v) is 7.52. The first kappa shape index (κ1) is 15.2. The predicted molar refractivity (Wildman–Crippen MR) is 80.1 cm³/mol. The van der Waals surface area contributed by atoms with E-state index in [2.05, 4.69) is 10.3 Å². The highest BCUT2D eigenvalue weighted by molar-refractivity contribution is 7.07. The molecule has 0 bridgehead atoms. The molecule has 0 spiro atoms. The van der Waals surface area contributed by atoms with Crippen molar-refractivity contribution in [1.82, 2.24) is 10.3 Å². The van der Waals surface area contributed by atoms with Gasteiger partial charge < -0.3 is 10.4 Å². The Kier molecular flexibility index (Phi) is 5.45. The second-order valence-corrected chi connectivity index (χ2v) is 5.35. The first-order chi connectivity index (χ1) is 10.1. The van der Waals surface area contributed by atoms with Gasteiger partial charge in [0.25, 0.3) is 0 Å². The topological polar surface area (TPSA) is 79.3 Å². The zero-order valence-electron chi connectivity index (χ0n) is 11.4. The van der Waals surface area contributed by atoms with Gasteiger partial charge in [-0.15, -0.1) is 11.3 Å². The molecule has 1 amide bonds. The van der Waals surface area contributed by atoms with Gasteiger partial charge in [0.15, 0.2) is 0 Å². The number of hydrogen-bond acceptors (Lipinski definition) is 4. The normalized spacial score (nSPS) is 11.8. The molecule has 5 nitrogen and oxygen atoms in total. The van der Waals surface area contributed by atoms with Gasteiger partial charge in [0.05, 0.1) is 11.2 Å². The minimum atomic E-state index is -1.03. The van der Waals surface area contributed by atoms with Crippen molar-refractivity contribution >= 4 is 23.2 Å². The van der Waals surface area contributed by atoms with Crippen LogP contribution in [0.1, 0.15) is 17.7 Å². The number of aromatic nitrogens is 1. The van der Waals surface area contributed by atoms with Crippen LogP contribution in [0.5, 0.6) is 0 Å². The Bertz CT molecular complexity index is 584. The second-order valence-electron chi connectivity index (χ2n) is 4.63. The molecule has 0 aliphatic carbocycles. The van der Waals surface area contributed by atoms with E-state index in [1.54, 1.807) is 5.51 Å². The molecular weight excluding hydrogens is 288 g/mol. The molecule has 2 aromatic rings. The molecule has 1 heterocycles. The number of carbonyl (C=O) groups is 2. The number of aliphatic carboxylic acids is 1. The van der Waals surface area contributed by atoms with Gasteiger partial charge in [-0.25, -0.2) is 9.78 Å². The molecule has 1 aromatic carbocycles. The van der Waals surface area contributed by atoms with E-state index in [0.717, 1.165) is 11.3 Å². The van der Waals surface area contributed by atoms with Gasteiger partial charge in [-0.05, 0) is 12.0 Å². The zero-order chi connectivity index (χ0) is 15.1. The van der Waals surface area contributed by atoms with E-state index >= 15 is 0 Å². The van der Waals surface area contributed by atoms with Crippen LogP contribution in [0.15, 0.2) is 41.2 Å². The summed E-state index contributed by atoms with van der Waals surface area (Å²) in [5, 5.41) is 13.7. The third-order valence-corrected chi connectivity index (χ3v) is 3.64. The van der Waals surface area contributed by atoms with Crippen molar-refractivity contribution in [3.63, 3.8) is 0 Å². The Balaban J connectivity index is 1.87. The predicted octanol–water partition coefficient (Wildman–Crippen LogP) is 1.89. The number of nitrogens with one attached hydrogen (secondary N) is 1. The summed E-state index contributed by atoms with van der Waals surface area (Å²) in [7, 11) is 0. The summed E-state index contributed by atoms with van der Waals surface area (Å²) in [6, 6.07) is 8.34. The average Bonchev–Trinajstić information content (AvgIpc) is 2.99. The molecule has 0 saturated heterocycles. The fourth-order valence-corrected chi connectivity index (χ4v) is 2.51. The number of benzene rings is 1. The van der Waals surface area contributed by atoms with Crippen LogP contribution in [0.2, 0.25) is 0 Å². The summed E-state index contributed by atoms with van der Waals surface area (Å²) in [4.78, 5) is 27.2. The van der Waals surface area contributed by atoms with E-state index < -0.39 is 12.0 Å². The van der Waals surface area contributed by atoms with Crippen molar-refractivity contribution in [2.45, 2.75) is 25.3 Å². The third kappa shape index (κ3) is 5.00. The molecule has 0 radical (unpaired) electrons. The van der Waals surface area contributed by atoms with Crippen LogP contribution < -0.4 is 5.32 Å². The molecule has 1 atom stereocenters. The lowest BCUT2D eigenvalue weighted by Gasteiger charge is -2.14. The highest BCUT2D eigenvalue weighted by atomic mass is 32.1. The summed E-state index contributed by atoms with van der Waals surface area (Å²) in [5.41, 5.74) is 3.44. The van der Waals surface area contributed by atoms with Crippen molar-refractivity contribution in [1.29, 1.82) is 0 Å². The number of amides is 1. The minimum Gasteiger partial charge on any atom is -0.480 e. The Morgan fingerprint density at radius 2 is 2.05 bits per heavy atom. The zero-order valence-corrected chi connectivity index (χ0v) is 12.2. The van der Waals surface area contributed by atoms with Gasteiger partial charge in [-0.2, -0.15) is 0 Å². The lowest BCUT2D eigenvalue weighted by Crippen LogP contribution is -2.42. The Morgan fingerprint density at radius 1 is 1.29 bits per heavy atom. The number of thiazole rings is 1. The number of aryl methyl sites for hydroxylation is 1. The number of rotatable bonds is 7. The average molecular weight is 304 g/mol. The summed E-state index contributed by atoms with van der Waals surface area (Å²) in [6.45, 7) is 0. The summed E-state index contributed by atoms with van der Waals surface area (Å²) >= 11 is 1.47. The maximum Gasteiger partial charge on any atom is 0.326 e. The van der Waals surface area contributed by atoms with E-state index in [4.69, 9.17) is 0 Å². The molecule has 21 heavy (non-hydrogen) atoms. The van der Waals surface area contributed by atoms with E-state index in [1.807, 2.05) is 35.7 Å². The monoisotopic (exact) mass is 304 g/mol. The summed E-state index contributed by atoms with van der Waals surface area (Å²) in [6.07, 6.45) is 1.04. The molecule has 0 aliphatic rings. The molecule has 0 unspecified atom stereocenters. The molecule has 2 rings (SSSR count). The van der Waals surface area contributed by atoms with Crippen LogP contribution in [0.25, 0.3) is 0 Å². The second kappa shape index (κ2) is 7.54. The highest BCUT2D eigenvalue weighted by Crippen LogP contribution is 2.06. The maximum atomic E-state index is 11.8. The largest absolute Gasteiger partial charge is 0.480 e. The van der Waals surface area contributed by atoms with Crippen molar-refractivity contribution in [3.8, 4) is 0 Å². The van der Waals surface area contributed by atoms with Crippen LogP contribution in [0, 0.1) is 0 Å². The van der Waals surface area contributed by atoms with Crippen LogP contribution in [0.4, 0.5) is 0 Å². The van der Waals surface area contributed by atoms with Gasteiger partial charge in [0, 0.05) is 18.2 Å². The molecule has 6 heteroatoms. The molecular formula is C15H16N2O3S. The van der Waals surface area contributed by atoms with Gasteiger partial charge in [0.1, 0.15) is 6.04 Å². The van der Waals surface area contributed by atoms with Crippen molar-refractivity contribution in [3.05, 3.63) is 52.5 Å². The molecule has 0 saturated carbocycles. The number of carboxylic acid groups (broad SMARTS) is 1. The Labute approximate surface area is 126 Å². The third-order valence-electron chi connectivity index (χ3n) is 3.01. The van der Waals surface area contributed by atoms with Crippen molar-refractivity contribution < 1.29 is 14.7 Å². The lowest BCUT2D eigenvalue weighted by molar-refractivity contribution is -0.141. The Morgan fingerprint density at radius 3 is 2.67 bits per heavy atom. The van der Waals surface area contributed by atoms with Crippen LogP contribution >= 0.6 is 11.3 Å². The molecule has 2 N–H and O–H groups in total. The summed E-state index contributed by atoms with van der Waals surface area (Å²) < 4.78 is 0. The number of carbonyl (C=O) groups excluding carboxylic acids is 1. The summed E-state index contributed by atoms with van der Waals surface area (Å²) in [5.74, 6) is -1.30. The number of nitrogens with zero attached hydrogens (tertiary/aromatic N) is 1. The lowest BCUT2D eigenvalue weighted by atomic mass is 10.1. The number of hydrogen-bond donors (Lipinski definition) is 2. The van der Waals surface area contributed by atoms with Crippen LogP contribution in [0.3, 0.4) is 0 Å². The quantitative estimate of drug-likeness (QED) is 0.818. The molecule has 0 aliphatic heterocycles. The maximum absolute atomic E-state index is 11.8. The van der Waals surface area contributed by atoms with Gasteiger partial charge in [-0.1, -0.05) is 30.3 Å². The van der Waals surface area contributed by atoms with E-state index in [9.17, 15) is 14.7 Å². The molecule has 1 aromatic heterocycles. The highest BCUT2D eigenvalue weighted by Gasteiger charge is 2.20. The molecule has 110 valence electrons. The van der Waals surface area contributed by atoms with Crippen LogP contribution in [-0.2, 0) is 22.4 Å². The first-order valence-electron chi connectivity index (χ1n) is 6.58. The van der Waals surface area contributed by atoms with Crippen LogP contribution in [-0.4, -0.2) is 28.0 Å². The Hall–Kier alpha value is -2.21. The van der Waals surface area contributed by atoms with Gasteiger partial charge in [-0.3, -0.25) is 4.79 Å². The van der Waals surface area contributed by atoms with E-state index in [-0.39, 0.29) is 18.7 Å². The minimum absolute atomic E-state index is 0.238. The van der Waals surface area contributed by atoms with E-state index in [1.165, 1.54) is 11.3 Å². The van der Waals surface area contributed by atoms with Crippen molar-refractivity contribution in [2.24, 2.45) is 0 Å². The van der Waals surface area contributed by atoms with E-state index in [0.29, 0.717) is 6.42 Å². The molecule has 0 fully saturated rings. The van der Waals surface area contributed by atoms with Crippen molar-refractivity contribution in [2.75, 3.05) is 0 Å². The van der Waals surface area contributed by atoms with Gasteiger partial charge >= 0.3 is 5.97 Å². The smallest absolute Gasteiger partial charge is 0.326 e. The standard InChI is InChI=1S/C15H16N2O3S/c18-14(7-6-12-9-21-10-16-12)17-13(15(19)20)8-11-4-2-1-3-5-11/h1-5,9-10,13H,6-8H2,(H,17,18)(H,19,20)/t13-/m1/s1.